The summed E-state index contributed by atoms with van der Waals surface area (Å²) in [5.41, 5.74) is -1.48. The highest BCUT2D eigenvalue weighted by Gasteiger charge is 2.73. The van der Waals surface area contributed by atoms with E-state index in [1.807, 2.05) is 0 Å². The first-order valence-corrected chi connectivity index (χ1v) is 9.08. The Labute approximate surface area is 133 Å². The first kappa shape index (κ1) is 17.3. The molecule has 2 aliphatic carbocycles. The van der Waals surface area contributed by atoms with Gasteiger partial charge in [0.2, 0.25) is 0 Å². The zero-order valence-corrected chi connectivity index (χ0v) is 13.6. The Morgan fingerprint density at radius 1 is 0.591 bits per heavy atom. The average molecular weight is 310 g/mol. The number of hydrogen-bond acceptors (Lipinski definition) is 2. The van der Waals surface area contributed by atoms with E-state index < -0.39 is 17.4 Å². The molecule has 0 heterocycles. The predicted molar refractivity (Wildman–Crippen MR) is 84.7 cm³/mol. The zero-order valence-electron chi connectivity index (χ0n) is 13.6. The van der Waals surface area contributed by atoms with Gasteiger partial charge in [-0.25, -0.2) is 0 Å². The van der Waals surface area contributed by atoms with Crippen LogP contribution in [0.25, 0.3) is 0 Å². The van der Waals surface area contributed by atoms with Crippen molar-refractivity contribution in [2.45, 2.75) is 83.5 Å². The van der Waals surface area contributed by atoms with Crippen molar-refractivity contribution in [1.82, 2.24) is 0 Å². The van der Waals surface area contributed by atoms with Gasteiger partial charge in [0, 0.05) is 0 Å². The maximum atomic E-state index is 11.6. The summed E-state index contributed by atoms with van der Waals surface area (Å²) in [4.78, 5) is 23.2. The number of aliphatic carboxylic acids is 2. The summed E-state index contributed by atoms with van der Waals surface area (Å²) in [5, 5.41) is 19.0. The van der Waals surface area contributed by atoms with Gasteiger partial charge in [-0.15, -0.1) is 0 Å². The van der Waals surface area contributed by atoms with Crippen LogP contribution < -0.4 is 0 Å². The molecular formula is C18H30O4. The molecule has 4 nitrogen and oxygen atoms in total. The minimum Gasteiger partial charge on any atom is -0.480 e. The van der Waals surface area contributed by atoms with Gasteiger partial charge < -0.3 is 10.2 Å². The molecule has 0 amide bonds. The van der Waals surface area contributed by atoms with Crippen molar-refractivity contribution in [3.8, 4) is 0 Å². The van der Waals surface area contributed by atoms with E-state index in [1.165, 1.54) is 44.9 Å². The number of carboxylic acid groups (broad SMARTS) is 2. The molecule has 126 valence electrons. The lowest BCUT2D eigenvalue weighted by Crippen LogP contribution is -2.29. The third kappa shape index (κ3) is 3.64. The molecule has 4 heteroatoms. The lowest BCUT2D eigenvalue weighted by atomic mass is 9.98. The summed E-state index contributed by atoms with van der Waals surface area (Å²) in [6.45, 7) is 0. The Hall–Kier alpha value is -1.06. The van der Waals surface area contributed by atoms with Gasteiger partial charge in [-0.3, -0.25) is 9.59 Å². The Morgan fingerprint density at radius 3 is 1.14 bits per heavy atom. The molecule has 0 aliphatic heterocycles. The van der Waals surface area contributed by atoms with Gasteiger partial charge >= 0.3 is 11.9 Å². The number of fused-ring (bicyclic) bond motifs is 1. The van der Waals surface area contributed by atoms with Crippen molar-refractivity contribution in [2.75, 3.05) is 0 Å². The second kappa shape index (κ2) is 7.98. The first-order chi connectivity index (χ1) is 10.6. The minimum atomic E-state index is -1.48. The molecule has 0 aromatic heterocycles. The van der Waals surface area contributed by atoms with Crippen molar-refractivity contribution < 1.29 is 19.8 Å². The summed E-state index contributed by atoms with van der Waals surface area (Å²) in [6, 6.07) is 0. The molecular weight excluding hydrogens is 280 g/mol. The van der Waals surface area contributed by atoms with Gasteiger partial charge in [0.1, 0.15) is 0 Å². The quantitative estimate of drug-likeness (QED) is 0.738. The van der Waals surface area contributed by atoms with Gasteiger partial charge in [-0.05, 0) is 24.7 Å². The van der Waals surface area contributed by atoms with Crippen LogP contribution in [0.1, 0.15) is 83.5 Å². The molecule has 2 unspecified atom stereocenters. The van der Waals surface area contributed by atoms with Crippen LogP contribution in [-0.4, -0.2) is 22.2 Å². The van der Waals surface area contributed by atoms with Crippen molar-refractivity contribution in [3.63, 3.8) is 0 Å². The van der Waals surface area contributed by atoms with Crippen molar-refractivity contribution in [2.24, 2.45) is 17.3 Å². The molecule has 2 fully saturated rings. The maximum Gasteiger partial charge on any atom is 0.321 e. The number of rotatable bonds is 2. The Kier molecular flexibility index (Phi) is 6.27. The van der Waals surface area contributed by atoms with E-state index >= 15 is 0 Å². The second-order valence-corrected chi connectivity index (χ2v) is 7.16. The van der Waals surface area contributed by atoms with Gasteiger partial charge in [-0.1, -0.05) is 70.6 Å². The smallest absolute Gasteiger partial charge is 0.321 e. The lowest BCUT2D eigenvalue weighted by molar-refractivity contribution is -0.158. The van der Waals surface area contributed by atoms with Crippen LogP contribution in [-0.2, 0) is 9.59 Å². The zero-order chi connectivity index (χ0) is 16.0. The summed E-state index contributed by atoms with van der Waals surface area (Å²) >= 11 is 0. The first-order valence-electron chi connectivity index (χ1n) is 9.08. The van der Waals surface area contributed by atoms with Crippen molar-refractivity contribution in [3.05, 3.63) is 0 Å². The Morgan fingerprint density at radius 2 is 0.864 bits per heavy atom. The Balaban J connectivity index is 1.96. The van der Waals surface area contributed by atoms with Crippen molar-refractivity contribution in [1.29, 1.82) is 0 Å². The largest absolute Gasteiger partial charge is 0.480 e. The maximum absolute atomic E-state index is 11.6. The van der Waals surface area contributed by atoms with Crippen LogP contribution in [0.15, 0.2) is 0 Å². The fourth-order valence-electron chi connectivity index (χ4n) is 4.44. The fraction of sp³-hybridized carbons (Fsp3) is 0.889. The fourth-order valence-corrected chi connectivity index (χ4v) is 4.44. The van der Waals surface area contributed by atoms with E-state index in [0.717, 1.165) is 38.5 Å². The third-order valence-electron chi connectivity index (χ3n) is 5.78. The van der Waals surface area contributed by atoms with Crippen LogP contribution >= 0.6 is 0 Å². The summed E-state index contributed by atoms with van der Waals surface area (Å²) in [7, 11) is 0. The van der Waals surface area contributed by atoms with E-state index in [4.69, 9.17) is 0 Å². The van der Waals surface area contributed by atoms with Gasteiger partial charge in [0.15, 0.2) is 5.41 Å². The van der Waals surface area contributed by atoms with E-state index in [-0.39, 0.29) is 11.8 Å². The van der Waals surface area contributed by atoms with E-state index in [0.29, 0.717) is 0 Å². The molecule has 0 aromatic carbocycles. The van der Waals surface area contributed by atoms with Crippen LogP contribution in [0.5, 0.6) is 0 Å². The van der Waals surface area contributed by atoms with E-state index in [1.54, 1.807) is 0 Å². The summed E-state index contributed by atoms with van der Waals surface area (Å²) < 4.78 is 0. The van der Waals surface area contributed by atoms with Crippen LogP contribution in [0, 0.1) is 17.3 Å². The summed E-state index contributed by atoms with van der Waals surface area (Å²) in [6.07, 6.45) is 14.6. The number of carboxylic acids is 2. The van der Waals surface area contributed by atoms with Crippen LogP contribution in [0.2, 0.25) is 0 Å². The van der Waals surface area contributed by atoms with Crippen molar-refractivity contribution >= 4 is 11.9 Å². The van der Waals surface area contributed by atoms with E-state index in [2.05, 4.69) is 0 Å². The van der Waals surface area contributed by atoms with Crippen LogP contribution in [0.4, 0.5) is 0 Å². The molecule has 0 bridgehead atoms. The van der Waals surface area contributed by atoms with Crippen LogP contribution in [0.3, 0.4) is 0 Å². The molecule has 2 N–H and O–H groups in total. The molecule has 22 heavy (non-hydrogen) atoms. The average Bonchev–Trinajstić information content (AvgIpc) is 3.12. The SMILES string of the molecule is O=C(O)C1(C(=O)O)C2CCCCCCCCCCCCCC21. The monoisotopic (exact) mass is 310 g/mol. The molecule has 2 rings (SSSR count). The minimum absolute atomic E-state index is 0.146. The normalized spacial score (nSPS) is 30.4. The predicted octanol–water partition coefficient (Wildman–Crippen LogP) is 4.47. The Bertz CT molecular complexity index is 355. The van der Waals surface area contributed by atoms with Gasteiger partial charge in [-0.2, -0.15) is 0 Å². The number of carbonyl (C=O) groups is 2. The molecule has 0 aromatic rings. The van der Waals surface area contributed by atoms with E-state index in [9.17, 15) is 19.8 Å². The molecule has 2 atom stereocenters. The molecule has 2 aliphatic rings. The molecule has 0 radical (unpaired) electrons. The lowest BCUT2D eigenvalue weighted by Gasteiger charge is -2.08. The van der Waals surface area contributed by atoms with Gasteiger partial charge in [0.05, 0.1) is 0 Å². The second-order valence-electron chi connectivity index (χ2n) is 7.16. The number of hydrogen-bond donors (Lipinski definition) is 2. The standard InChI is InChI=1S/C18H30O4/c19-16(20)18(17(21)22)14-12-10-8-6-4-2-1-3-5-7-9-11-13-15(14)18/h14-15H,1-13H2,(H,19,20)(H,21,22). The third-order valence-corrected chi connectivity index (χ3v) is 5.78. The molecule has 2 saturated carbocycles. The molecule has 0 saturated heterocycles. The highest BCUT2D eigenvalue weighted by atomic mass is 16.4. The van der Waals surface area contributed by atoms with Gasteiger partial charge in [0.25, 0.3) is 0 Å². The highest BCUT2D eigenvalue weighted by molar-refractivity contribution is 6.02. The highest BCUT2D eigenvalue weighted by Crippen LogP contribution is 2.63. The topological polar surface area (TPSA) is 74.6 Å². The summed E-state index contributed by atoms with van der Waals surface area (Å²) in [5.74, 6) is -2.52. The molecule has 0 spiro atoms.